The quantitative estimate of drug-likeness (QED) is 0.858. The van der Waals surface area contributed by atoms with Gasteiger partial charge < -0.3 is 19.2 Å². The van der Waals surface area contributed by atoms with Gasteiger partial charge in [0.15, 0.2) is 11.5 Å². The zero-order valence-corrected chi connectivity index (χ0v) is 16.3. The van der Waals surface area contributed by atoms with Crippen LogP contribution in [-0.2, 0) is 5.41 Å². The van der Waals surface area contributed by atoms with Gasteiger partial charge in [-0.25, -0.2) is 0 Å². The summed E-state index contributed by atoms with van der Waals surface area (Å²) in [5, 5.41) is 3.20. The summed E-state index contributed by atoms with van der Waals surface area (Å²) in [5.41, 5.74) is 2.76. The maximum Gasteiger partial charge on any atom is 0.255 e. The molecule has 27 heavy (non-hydrogen) atoms. The average molecular weight is 369 g/mol. The molecule has 0 bridgehead atoms. The third kappa shape index (κ3) is 3.20. The van der Waals surface area contributed by atoms with Crippen molar-refractivity contribution in [2.24, 2.45) is 0 Å². The molecule has 1 saturated carbocycles. The van der Waals surface area contributed by atoms with E-state index in [0.717, 1.165) is 35.7 Å². The van der Waals surface area contributed by atoms with Crippen LogP contribution in [0.2, 0.25) is 0 Å². The van der Waals surface area contributed by atoms with Gasteiger partial charge in [0, 0.05) is 17.5 Å². The molecule has 5 heteroatoms. The maximum atomic E-state index is 12.9. The number of carbonyl (C=O) groups is 1. The number of nitrogens with one attached hydrogen (secondary N) is 1. The van der Waals surface area contributed by atoms with Gasteiger partial charge in [0.05, 0.1) is 5.56 Å². The third-order valence-corrected chi connectivity index (χ3v) is 6.17. The van der Waals surface area contributed by atoms with Gasteiger partial charge in [0.1, 0.15) is 11.5 Å². The molecule has 2 heterocycles. The summed E-state index contributed by atoms with van der Waals surface area (Å²) in [6.07, 6.45) is 5.73. The summed E-state index contributed by atoms with van der Waals surface area (Å²) in [7, 11) is 0. The Kier molecular flexibility index (Phi) is 4.62. The minimum atomic E-state index is -0.0600. The lowest BCUT2D eigenvalue weighted by Gasteiger charge is -2.38. The molecular weight excluding hydrogens is 342 g/mol. The highest BCUT2D eigenvalue weighted by atomic mass is 16.7. The Morgan fingerprint density at radius 2 is 1.78 bits per heavy atom. The second-order valence-corrected chi connectivity index (χ2v) is 7.81. The topological polar surface area (TPSA) is 60.7 Å². The molecule has 1 N–H and O–H groups in total. The number of furan rings is 1. The average Bonchev–Trinajstić information content (AvgIpc) is 3.24. The van der Waals surface area contributed by atoms with Crippen LogP contribution < -0.4 is 14.8 Å². The summed E-state index contributed by atoms with van der Waals surface area (Å²) in [4.78, 5) is 12.9. The lowest BCUT2D eigenvalue weighted by Crippen LogP contribution is -2.42. The Morgan fingerprint density at radius 3 is 2.48 bits per heavy atom. The molecule has 2 aromatic rings. The zero-order valence-electron chi connectivity index (χ0n) is 16.3. The van der Waals surface area contributed by atoms with Crippen LogP contribution in [-0.4, -0.2) is 19.2 Å². The van der Waals surface area contributed by atoms with Gasteiger partial charge in [-0.2, -0.15) is 0 Å². The van der Waals surface area contributed by atoms with Crippen LogP contribution in [0.4, 0.5) is 0 Å². The van der Waals surface area contributed by atoms with E-state index in [-0.39, 0.29) is 18.1 Å². The van der Waals surface area contributed by atoms with Gasteiger partial charge >= 0.3 is 0 Å². The molecule has 144 valence electrons. The van der Waals surface area contributed by atoms with E-state index in [0.29, 0.717) is 17.9 Å². The monoisotopic (exact) mass is 369 g/mol. The van der Waals surface area contributed by atoms with Crippen molar-refractivity contribution in [1.82, 2.24) is 5.32 Å². The van der Waals surface area contributed by atoms with Crippen molar-refractivity contribution < 1.29 is 18.7 Å². The molecule has 0 spiro atoms. The number of hydrogen-bond acceptors (Lipinski definition) is 4. The fraction of sp³-hybridized carbons (Fsp3) is 0.500. The van der Waals surface area contributed by atoms with E-state index in [9.17, 15) is 4.79 Å². The van der Waals surface area contributed by atoms with E-state index in [2.05, 4.69) is 17.4 Å². The van der Waals surface area contributed by atoms with Crippen LogP contribution in [0.5, 0.6) is 11.5 Å². The van der Waals surface area contributed by atoms with E-state index in [1.807, 2.05) is 26.8 Å². The highest BCUT2D eigenvalue weighted by Crippen LogP contribution is 2.43. The summed E-state index contributed by atoms with van der Waals surface area (Å²) >= 11 is 0. The molecule has 1 amide bonds. The van der Waals surface area contributed by atoms with Crippen LogP contribution in [0.1, 0.15) is 65.1 Å². The van der Waals surface area contributed by atoms with Crippen molar-refractivity contribution in [3.05, 3.63) is 46.4 Å². The van der Waals surface area contributed by atoms with Gasteiger partial charge in [0.2, 0.25) is 6.79 Å². The van der Waals surface area contributed by atoms with Gasteiger partial charge in [-0.1, -0.05) is 25.3 Å². The summed E-state index contributed by atoms with van der Waals surface area (Å²) in [6, 6.07) is 6.21. The highest BCUT2D eigenvalue weighted by Gasteiger charge is 2.36. The Labute approximate surface area is 160 Å². The first-order valence-electron chi connectivity index (χ1n) is 9.75. The van der Waals surface area contributed by atoms with Crippen molar-refractivity contribution >= 4 is 5.91 Å². The van der Waals surface area contributed by atoms with E-state index in [1.54, 1.807) is 0 Å². The smallest absolute Gasteiger partial charge is 0.255 e. The van der Waals surface area contributed by atoms with Crippen molar-refractivity contribution in [2.45, 2.75) is 58.3 Å². The van der Waals surface area contributed by atoms with Crippen LogP contribution in [0.15, 0.2) is 22.6 Å². The molecule has 0 atom stereocenters. The number of carbonyl (C=O) groups excluding carboxylic acids is 1. The minimum absolute atomic E-state index is 0.0486. The molecule has 1 fully saturated rings. The Balaban J connectivity index is 1.58. The fourth-order valence-corrected chi connectivity index (χ4v) is 4.49. The molecular formula is C22H27NO4. The van der Waals surface area contributed by atoms with Crippen molar-refractivity contribution in [2.75, 3.05) is 13.3 Å². The van der Waals surface area contributed by atoms with Crippen molar-refractivity contribution in [1.29, 1.82) is 0 Å². The number of benzene rings is 1. The zero-order chi connectivity index (χ0) is 19.0. The van der Waals surface area contributed by atoms with Gasteiger partial charge in [0.25, 0.3) is 5.91 Å². The first kappa shape index (κ1) is 18.0. The number of amides is 1. The second kappa shape index (κ2) is 6.95. The molecule has 5 nitrogen and oxygen atoms in total. The number of fused-ring (bicyclic) bond motifs is 1. The Morgan fingerprint density at radius 1 is 1.04 bits per heavy atom. The predicted octanol–water partition coefficient (Wildman–Crippen LogP) is 4.57. The second-order valence-electron chi connectivity index (χ2n) is 7.81. The normalized spacial score (nSPS) is 17.7. The van der Waals surface area contributed by atoms with Crippen molar-refractivity contribution in [3.63, 3.8) is 0 Å². The van der Waals surface area contributed by atoms with Crippen LogP contribution in [0.3, 0.4) is 0 Å². The lowest BCUT2D eigenvalue weighted by molar-refractivity contribution is 0.0934. The first-order valence-corrected chi connectivity index (χ1v) is 9.75. The largest absolute Gasteiger partial charge is 0.466 e. The molecule has 4 rings (SSSR count). The third-order valence-electron chi connectivity index (χ3n) is 6.17. The maximum absolute atomic E-state index is 12.9. The van der Waals surface area contributed by atoms with Gasteiger partial charge in [-0.05, 0) is 51.3 Å². The first-order chi connectivity index (χ1) is 13.0. The molecule has 0 saturated heterocycles. The number of rotatable bonds is 4. The van der Waals surface area contributed by atoms with Gasteiger partial charge in [-0.15, -0.1) is 0 Å². The SMILES string of the molecule is Cc1oc(C)c(C(=O)NCC2(c3ccc4c(c3)OCO4)CCCCC2)c1C. The molecule has 0 radical (unpaired) electrons. The van der Waals surface area contributed by atoms with E-state index < -0.39 is 0 Å². The molecule has 2 aliphatic rings. The number of aryl methyl sites for hydroxylation is 2. The number of ether oxygens (including phenoxy) is 2. The van der Waals surface area contributed by atoms with Gasteiger partial charge in [-0.3, -0.25) is 4.79 Å². The molecule has 1 aliphatic heterocycles. The Bertz CT molecular complexity index is 861. The minimum Gasteiger partial charge on any atom is -0.466 e. The van der Waals surface area contributed by atoms with Crippen LogP contribution in [0.25, 0.3) is 0 Å². The molecule has 1 aliphatic carbocycles. The van der Waals surface area contributed by atoms with E-state index >= 15 is 0 Å². The molecule has 0 unspecified atom stereocenters. The molecule has 1 aromatic carbocycles. The number of hydrogen-bond donors (Lipinski definition) is 1. The highest BCUT2D eigenvalue weighted by molar-refractivity contribution is 5.96. The van der Waals surface area contributed by atoms with Crippen molar-refractivity contribution in [3.8, 4) is 11.5 Å². The van der Waals surface area contributed by atoms with Crippen LogP contribution >= 0.6 is 0 Å². The lowest BCUT2D eigenvalue weighted by atomic mass is 9.69. The van der Waals surface area contributed by atoms with E-state index in [4.69, 9.17) is 13.9 Å². The standard InChI is InChI=1S/C22H27NO4/c1-14-15(2)27-16(3)20(14)21(24)23-12-22(9-5-4-6-10-22)17-7-8-18-19(11-17)26-13-25-18/h7-8,11H,4-6,9-10,12-13H2,1-3H3,(H,23,24). The predicted molar refractivity (Wildman–Crippen MR) is 103 cm³/mol. The summed E-state index contributed by atoms with van der Waals surface area (Å²) in [5.74, 6) is 3.05. The molecule has 1 aromatic heterocycles. The Hall–Kier alpha value is -2.43. The summed E-state index contributed by atoms with van der Waals surface area (Å²) in [6.45, 7) is 6.59. The van der Waals surface area contributed by atoms with Crippen LogP contribution in [0, 0.1) is 20.8 Å². The van der Waals surface area contributed by atoms with E-state index in [1.165, 1.54) is 24.8 Å². The fourth-order valence-electron chi connectivity index (χ4n) is 4.49. The summed E-state index contributed by atoms with van der Waals surface area (Å²) < 4.78 is 16.7.